The van der Waals surface area contributed by atoms with Crippen molar-refractivity contribution in [1.82, 2.24) is 0 Å². The van der Waals surface area contributed by atoms with Crippen LogP contribution >= 0.6 is 11.3 Å². The lowest BCUT2D eigenvalue weighted by molar-refractivity contribution is -0.129. The highest BCUT2D eigenvalue weighted by atomic mass is 32.1. The Hall–Kier alpha value is -2.20. The van der Waals surface area contributed by atoms with Gasteiger partial charge in [-0.1, -0.05) is 18.2 Å². The SMILES string of the molecule is CC1(c2ccc(F)cc2)OC(/C=C/c2ccsc2)=CC1=O. The minimum Gasteiger partial charge on any atom is -0.475 e. The van der Waals surface area contributed by atoms with Gasteiger partial charge in [0.05, 0.1) is 0 Å². The Morgan fingerprint density at radius 3 is 2.62 bits per heavy atom. The smallest absolute Gasteiger partial charge is 0.207 e. The first-order valence-electron chi connectivity index (χ1n) is 6.49. The molecule has 1 aromatic carbocycles. The summed E-state index contributed by atoms with van der Waals surface area (Å²) in [6, 6.07) is 7.80. The molecule has 0 bridgehead atoms. The number of thiophene rings is 1. The molecular weight excluding hydrogens is 287 g/mol. The number of carbonyl (C=O) groups excluding carboxylic acids is 1. The van der Waals surface area contributed by atoms with Gasteiger partial charge in [-0.25, -0.2) is 4.39 Å². The quantitative estimate of drug-likeness (QED) is 0.845. The number of allylic oxidation sites excluding steroid dienone is 1. The van der Waals surface area contributed by atoms with Crippen molar-refractivity contribution in [3.8, 4) is 0 Å². The highest BCUT2D eigenvalue weighted by Gasteiger charge is 2.41. The van der Waals surface area contributed by atoms with E-state index in [0.29, 0.717) is 11.3 Å². The second-order valence-electron chi connectivity index (χ2n) is 4.94. The molecule has 21 heavy (non-hydrogen) atoms. The van der Waals surface area contributed by atoms with E-state index >= 15 is 0 Å². The Morgan fingerprint density at radius 2 is 1.95 bits per heavy atom. The van der Waals surface area contributed by atoms with Crippen LogP contribution in [0.4, 0.5) is 4.39 Å². The molecule has 2 nitrogen and oxygen atoms in total. The molecule has 1 unspecified atom stereocenters. The summed E-state index contributed by atoms with van der Waals surface area (Å²) >= 11 is 1.61. The van der Waals surface area contributed by atoms with Gasteiger partial charge in [0.2, 0.25) is 5.78 Å². The van der Waals surface area contributed by atoms with Gasteiger partial charge < -0.3 is 4.74 Å². The van der Waals surface area contributed by atoms with Gasteiger partial charge in [-0.05, 0) is 47.5 Å². The van der Waals surface area contributed by atoms with Crippen LogP contribution in [0.5, 0.6) is 0 Å². The number of rotatable bonds is 3. The Balaban J connectivity index is 1.82. The Labute approximate surface area is 126 Å². The third-order valence-electron chi connectivity index (χ3n) is 3.44. The lowest BCUT2D eigenvalue weighted by Crippen LogP contribution is -2.29. The summed E-state index contributed by atoms with van der Waals surface area (Å²) in [5.74, 6) is 0.0374. The Bertz CT molecular complexity index is 714. The molecular formula is C17H13FO2S. The first kappa shape index (κ1) is 13.8. The normalized spacial score (nSPS) is 21.6. The monoisotopic (exact) mass is 300 g/mol. The summed E-state index contributed by atoms with van der Waals surface area (Å²) in [6.45, 7) is 1.70. The molecule has 0 saturated heterocycles. The number of hydrogen-bond acceptors (Lipinski definition) is 3. The van der Waals surface area contributed by atoms with E-state index < -0.39 is 5.60 Å². The number of ether oxygens (including phenoxy) is 1. The van der Waals surface area contributed by atoms with Crippen LogP contribution in [0.15, 0.2) is 59.0 Å². The van der Waals surface area contributed by atoms with E-state index in [1.807, 2.05) is 22.9 Å². The second kappa shape index (κ2) is 5.30. The fourth-order valence-electron chi connectivity index (χ4n) is 2.18. The molecule has 1 aliphatic heterocycles. The van der Waals surface area contributed by atoms with Gasteiger partial charge in [0, 0.05) is 11.6 Å². The zero-order valence-corrected chi connectivity index (χ0v) is 12.2. The fraction of sp³-hybridized carbons (Fsp3) is 0.118. The van der Waals surface area contributed by atoms with Crippen molar-refractivity contribution in [1.29, 1.82) is 0 Å². The fourth-order valence-corrected chi connectivity index (χ4v) is 2.81. The maximum Gasteiger partial charge on any atom is 0.207 e. The summed E-state index contributed by atoms with van der Waals surface area (Å²) < 4.78 is 18.8. The molecule has 3 rings (SSSR count). The molecule has 106 valence electrons. The topological polar surface area (TPSA) is 26.3 Å². The third kappa shape index (κ3) is 2.67. The van der Waals surface area contributed by atoms with Gasteiger partial charge in [-0.15, -0.1) is 0 Å². The maximum absolute atomic E-state index is 13.0. The van der Waals surface area contributed by atoms with Crippen LogP contribution < -0.4 is 0 Å². The molecule has 0 aliphatic carbocycles. The van der Waals surface area contributed by atoms with Crippen molar-refractivity contribution >= 4 is 23.2 Å². The molecule has 1 aromatic heterocycles. The highest BCUT2D eigenvalue weighted by molar-refractivity contribution is 7.08. The summed E-state index contributed by atoms with van der Waals surface area (Å²) in [5, 5.41) is 3.99. The number of ketones is 1. The van der Waals surface area contributed by atoms with Crippen molar-refractivity contribution in [3.05, 3.63) is 75.9 Å². The molecule has 1 aliphatic rings. The third-order valence-corrected chi connectivity index (χ3v) is 4.15. The van der Waals surface area contributed by atoms with Gasteiger partial charge in [0.1, 0.15) is 11.6 Å². The number of halogens is 1. The van der Waals surface area contributed by atoms with E-state index in [1.54, 1.807) is 36.5 Å². The van der Waals surface area contributed by atoms with Crippen molar-refractivity contribution in [3.63, 3.8) is 0 Å². The lowest BCUT2D eigenvalue weighted by Gasteiger charge is -2.23. The van der Waals surface area contributed by atoms with E-state index in [-0.39, 0.29) is 11.6 Å². The average Bonchev–Trinajstić information content (AvgIpc) is 3.07. The largest absolute Gasteiger partial charge is 0.475 e. The molecule has 0 spiro atoms. The highest BCUT2D eigenvalue weighted by Crippen LogP contribution is 2.35. The molecule has 0 fully saturated rings. The van der Waals surface area contributed by atoms with Crippen LogP contribution in [-0.2, 0) is 15.1 Å². The lowest BCUT2D eigenvalue weighted by atomic mass is 9.92. The molecule has 2 aromatic rings. The van der Waals surface area contributed by atoms with Gasteiger partial charge in [0.25, 0.3) is 0 Å². The molecule has 2 heterocycles. The van der Waals surface area contributed by atoms with E-state index in [4.69, 9.17) is 4.74 Å². The summed E-state index contributed by atoms with van der Waals surface area (Å²) in [7, 11) is 0. The zero-order valence-electron chi connectivity index (χ0n) is 11.4. The van der Waals surface area contributed by atoms with Crippen LogP contribution in [-0.4, -0.2) is 5.78 Å². The van der Waals surface area contributed by atoms with Crippen LogP contribution in [0.3, 0.4) is 0 Å². The van der Waals surface area contributed by atoms with Crippen LogP contribution in [0.25, 0.3) is 6.08 Å². The van der Waals surface area contributed by atoms with Gasteiger partial charge in [-0.2, -0.15) is 11.3 Å². The maximum atomic E-state index is 13.0. The molecule has 0 radical (unpaired) electrons. The van der Waals surface area contributed by atoms with Crippen LogP contribution in [0.2, 0.25) is 0 Å². The Kier molecular flexibility index (Phi) is 3.47. The predicted molar refractivity (Wildman–Crippen MR) is 81.3 cm³/mol. The minimum absolute atomic E-state index is 0.140. The number of hydrogen-bond donors (Lipinski definition) is 0. The van der Waals surface area contributed by atoms with Crippen molar-refractivity contribution in [2.75, 3.05) is 0 Å². The van der Waals surface area contributed by atoms with E-state index in [9.17, 15) is 9.18 Å². The summed E-state index contributed by atoms with van der Waals surface area (Å²) in [6.07, 6.45) is 5.15. The zero-order chi connectivity index (χ0) is 14.9. The average molecular weight is 300 g/mol. The van der Waals surface area contributed by atoms with Crippen molar-refractivity contribution < 1.29 is 13.9 Å². The molecule has 4 heteroatoms. The van der Waals surface area contributed by atoms with E-state index in [0.717, 1.165) is 5.56 Å². The van der Waals surface area contributed by atoms with Crippen molar-refractivity contribution in [2.45, 2.75) is 12.5 Å². The minimum atomic E-state index is -1.08. The first-order valence-corrected chi connectivity index (χ1v) is 7.44. The number of carbonyl (C=O) groups is 1. The van der Waals surface area contributed by atoms with Crippen LogP contribution in [0.1, 0.15) is 18.1 Å². The van der Waals surface area contributed by atoms with Gasteiger partial charge in [-0.3, -0.25) is 4.79 Å². The van der Waals surface area contributed by atoms with Gasteiger partial charge >= 0.3 is 0 Å². The molecule has 0 amide bonds. The standard InChI is InChI=1S/C17H13FO2S/c1-17(13-3-5-14(18)6-4-13)16(19)10-15(20-17)7-2-12-8-9-21-11-12/h2-11H,1H3/b7-2+. The van der Waals surface area contributed by atoms with E-state index in [2.05, 4.69) is 0 Å². The van der Waals surface area contributed by atoms with Gasteiger partial charge in [0.15, 0.2) is 5.60 Å². The summed E-state index contributed by atoms with van der Waals surface area (Å²) in [5.41, 5.74) is 0.624. The summed E-state index contributed by atoms with van der Waals surface area (Å²) in [4.78, 5) is 12.2. The Morgan fingerprint density at radius 1 is 1.19 bits per heavy atom. The number of benzene rings is 1. The van der Waals surface area contributed by atoms with Crippen molar-refractivity contribution in [2.24, 2.45) is 0 Å². The van der Waals surface area contributed by atoms with E-state index in [1.165, 1.54) is 18.2 Å². The molecule has 0 N–H and O–H groups in total. The molecule has 0 saturated carbocycles. The second-order valence-corrected chi connectivity index (χ2v) is 5.72. The first-order chi connectivity index (χ1) is 10.1. The molecule has 1 atom stereocenters. The van der Waals surface area contributed by atoms with Crippen LogP contribution in [0, 0.1) is 5.82 Å². The predicted octanol–water partition coefficient (Wildman–Crippen LogP) is 4.30.